The molecular formula is C15H23NO4. The zero-order valence-corrected chi connectivity index (χ0v) is 12.7. The van der Waals surface area contributed by atoms with E-state index in [1.165, 1.54) is 0 Å². The lowest BCUT2D eigenvalue weighted by molar-refractivity contribution is -0.0340. The molecule has 2 aliphatic rings. The molecule has 1 unspecified atom stereocenters. The molecule has 1 amide bonds. The highest BCUT2D eigenvalue weighted by molar-refractivity contribution is 5.68. The number of carbonyl (C=O) groups excluding carboxylic acids is 2. The van der Waals surface area contributed by atoms with Crippen LogP contribution in [0.4, 0.5) is 4.79 Å². The molecule has 0 radical (unpaired) electrons. The number of nitrogens with zero attached hydrogens (tertiary/aromatic N) is 1. The van der Waals surface area contributed by atoms with Crippen molar-refractivity contribution in [3.63, 3.8) is 0 Å². The lowest BCUT2D eigenvalue weighted by Crippen LogP contribution is -2.48. The van der Waals surface area contributed by atoms with Crippen LogP contribution in [0, 0.1) is 5.92 Å². The third-order valence-electron chi connectivity index (χ3n) is 3.93. The molecule has 1 spiro atoms. The van der Waals surface area contributed by atoms with E-state index < -0.39 is 11.2 Å². The molecule has 0 aromatic heterocycles. The lowest BCUT2D eigenvalue weighted by Gasteiger charge is -2.39. The molecule has 2 aliphatic heterocycles. The minimum atomic E-state index is -0.500. The number of likely N-dealkylation sites (tertiary alicyclic amines) is 1. The van der Waals surface area contributed by atoms with Crippen molar-refractivity contribution in [3.8, 4) is 0 Å². The molecule has 0 N–H and O–H groups in total. The summed E-state index contributed by atoms with van der Waals surface area (Å²) in [6.45, 7) is 9.20. The summed E-state index contributed by atoms with van der Waals surface area (Å²) in [6.07, 6.45) is 0.984. The lowest BCUT2D eigenvalue weighted by atomic mass is 9.82. The van der Waals surface area contributed by atoms with Crippen LogP contribution < -0.4 is 0 Å². The van der Waals surface area contributed by atoms with Gasteiger partial charge in [0.2, 0.25) is 0 Å². The number of rotatable bonds is 0. The predicted molar refractivity (Wildman–Crippen MR) is 74.1 cm³/mol. The Morgan fingerprint density at radius 3 is 2.50 bits per heavy atom. The Morgan fingerprint density at radius 1 is 1.40 bits per heavy atom. The van der Waals surface area contributed by atoms with Gasteiger partial charge in [-0.15, -0.1) is 0 Å². The smallest absolute Gasteiger partial charge is 0.410 e. The van der Waals surface area contributed by atoms with Crippen LogP contribution in [0.3, 0.4) is 0 Å². The summed E-state index contributed by atoms with van der Waals surface area (Å²) >= 11 is 0. The van der Waals surface area contributed by atoms with Crippen molar-refractivity contribution < 1.29 is 19.1 Å². The van der Waals surface area contributed by atoms with E-state index in [1.54, 1.807) is 4.90 Å². The highest BCUT2D eigenvalue weighted by Gasteiger charge is 2.47. The van der Waals surface area contributed by atoms with Gasteiger partial charge in [0.1, 0.15) is 17.1 Å². The van der Waals surface area contributed by atoms with Gasteiger partial charge < -0.3 is 14.4 Å². The average molecular weight is 281 g/mol. The molecule has 2 saturated heterocycles. The van der Waals surface area contributed by atoms with Crippen molar-refractivity contribution in [1.82, 2.24) is 4.90 Å². The summed E-state index contributed by atoms with van der Waals surface area (Å²) in [6, 6.07) is 0. The third-order valence-corrected chi connectivity index (χ3v) is 3.93. The monoisotopic (exact) mass is 281 g/mol. The highest BCUT2D eigenvalue weighted by atomic mass is 16.6. The number of piperidine rings is 1. The Bertz CT molecular complexity index is 437. The van der Waals surface area contributed by atoms with Crippen LogP contribution >= 0.6 is 0 Å². The van der Waals surface area contributed by atoms with Crippen molar-refractivity contribution in [2.24, 2.45) is 5.92 Å². The first-order valence-electron chi connectivity index (χ1n) is 7.15. The zero-order chi connectivity index (χ0) is 15.0. The molecule has 2 rings (SSSR count). The Kier molecular flexibility index (Phi) is 3.94. The SMILES string of the molecule is CC1COC2(CCN(C(=O)OC(C)(C)C)CC2)C1=C=O. The first kappa shape index (κ1) is 15.1. The second kappa shape index (κ2) is 5.23. The van der Waals surface area contributed by atoms with Gasteiger partial charge in [-0.3, -0.25) is 0 Å². The van der Waals surface area contributed by atoms with Crippen molar-refractivity contribution in [2.75, 3.05) is 19.7 Å². The fourth-order valence-corrected chi connectivity index (χ4v) is 2.88. The third kappa shape index (κ3) is 2.89. The molecule has 112 valence electrons. The van der Waals surface area contributed by atoms with Gasteiger partial charge in [-0.25, -0.2) is 9.59 Å². The van der Waals surface area contributed by atoms with Crippen LogP contribution in [0.2, 0.25) is 0 Å². The van der Waals surface area contributed by atoms with Crippen molar-refractivity contribution in [2.45, 2.75) is 51.7 Å². The number of carbonyl (C=O) groups is 1. The second-order valence-corrected chi connectivity index (χ2v) is 6.69. The van der Waals surface area contributed by atoms with Gasteiger partial charge in [-0.2, -0.15) is 0 Å². The molecular weight excluding hydrogens is 258 g/mol. The van der Waals surface area contributed by atoms with Gasteiger partial charge >= 0.3 is 6.09 Å². The molecule has 2 fully saturated rings. The molecule has 0 aromatic rings. The van der Waals surface area contributed by atoms with E-state index in [0.717, 1.165) is 5.57 Å². The van der Waals surface area contributed by atoms with Gasteiger partial charge in [0.25, 0.3) is 0 Å². The van der Waals surface area contributed by atoms with E-state index in [2.05, 4.69) is 5.94 Å². The van der Waals surface area contributed by atoms with E-state index in [9.17, 15) is 9.59 Å². The summed E-state index contributed by atoms with van der Waals surface area (Å²) in [5, 5.41) is 0. The maximum atomic E-state index is 12.0. The number of hydrogen-bond acceptors (Lipinski definition) is 4. The fourth-order valence-electron chi connectivity index (χ4n) is 2.88. The van der Waals surface area contributed by atoms with E-state index in [1.807, 2.05) is 27.7 Å². The molecule has 20 heavy (non-hydrogen) atoms. The van der Waals surface area contributed by atoms with Crippen LogP contribution in [0.5, 0.6) is 0 Å². The highest BCUT2D eigenvalue weighted by Crippen LogP contribution is 2.41. The summed E-state index contributed by atoms with van der Waals surface area (Å²) in [4.78, 5) is 24.8. The van der Waals surface area contributed by atoms with Crippen molar-refractivity contribution >= 4 is 12.0 Å². The number of amides is 1. The Labute approximate surface area is 119 Å². The molecule has 0 saturated carbocycles. The van der Waals surface area contributed by atoms with Crippen LogP contribution in [-0.2, 0) is 14.3 Å². The average Bonchev–Trinajstić information content (AvgIpc) is 2.65. The fraction of sp³-hybridized carbons (Fsp3) is 0.800. The van der Waals surface area contributed by atoms with Crippen LogP contribution in [-0.4, -0.2) is 47.8 Å². The van der Waals surface area contributed by atoms with Crippen LogP contribution in [0.15, 0.2) is 5.57 Å². The minimum Gasteiger partial charge on any atom is -0.444 e. The topological polar surface area (TPSA) is 55.8 Å². The molecule has 0 bridgehead atoms. The summed E-state index contributed by atoms with van der Waals surface area (Å²) in [5.41, 5.74) is -0.265. The Hall–Kier alpha value is -1.32. The van der Waals surface area contributed by atoms with Gasteiger partial charge in [-0.05, 0) is 33.6 Å². The Balaban J connectivity index is 1.99. The molecule has 5 heteroatoms. The first-order valence-corrected chi connectivity index (χ1v) is 7.15. The summed E-state index contributed by atoms with van der Waals surface area (Å²) in [5.74, 6) is 2.19. The van der Waals surface area contributed by atoms with E-state index in [-0.39, 0.29) is 12.0 Å². The van der Waals surface area contributed by atoms with E-state index in [0.29, 0.717) is 32.5 Å². The Morgan fingerprint density at radius 2 is 2.00 bits per heavy atom. The minimum absolute atomic E-state index is 0.126. The maximum absolute atomic E-state index is 12.0. The number of hydrogen-bond donors (Lipinski definition) is 0. The van der Waals surface area contributed by atoms with Gasteiger partial charge in [0, 0.05) is 19.0 Å². The van der Waals surface area contributed by atoms with E-state index in [4.69, 9.17) is 9.47 Å². The summed E-state index contributed by atoms with van der Waals surface area (Å²) < 4.78 is 11.2. The van der Waals surface area contributed by atoms with Gasteiger partial charge in [0.15, 0.2) is 0 Å². The zero-order valence-electron chi connectivity index (χ0n) is 12.7. The normalized spacial score (nSPS) is 25.7. The molecule has 5 nitrogen and oxygen atoms in total. The van der Waals surface area contributed by atoms with E-state index >= 15 is 0 Å². The second-order valence-electron chi connectivity index (χ2n) is 6.69. The van der Waals surface area contributed by atoms with Crippen LogP contribution in [0.1, 0.15) is 40.5 Å². The molecule has 2 heterocycles. The van der Waals surface area contributed by atoms with Crippen molar-refractivity contribution in [3.05, 3.63) is 5.57 Å². The number of ether oxygens (including phenoxy) is 2. The van der Waals surface area contributed by atoms with Crippen molar-refractivity contribution in [1.29, 1.82) is 0 Å². The molecule has 0 aliphatic carbocycles. The quantitative estimate of drug-likeness (QED) is 0.639. The molecule has 0 aromatic carbocycles. The molecule has 1 atom stereocenters. The van der Waals surface area contributed by atoms with Gasteiger partial charge in [0.05, 0.1) is 12.2 Å². The summed E-state index contributed by atoms with van der Waals surface area (Å²) in [7, 11) is 0. The predicted octanol–water partition coefficient (Wildman–Crippen LogP) is 2.18. The standard InChI is InChI=1S/C15H23NO4/c1-11-10-19-15(12(11)9-17)5-7-16(8-6-15)13(18)20-14(2,3)4/h11H,5-8,10H2,1-4H3. The maximum Gasteiger partial charge on any atom is 0.410 e. The first-order chi connectivity index (χ1) is 9.27. The van der Waals surface area contributed by atoms with Crippen LogP contribution in [0.25, 0.3) is 0 Å². The van der Waals surface area contributed by atoms with Gasteiger partial charge in [-0.1, -0.05) is 6.92 Å². The largest absolute Gasteiger partial charge is 0.444 e.